The van der Waals surface area contributed by atoms with E-state index < -0.39 is 0 Å². The molecule has 0 fully saturated rings. The number of anilines is 1. The number of fused-ring (bicyclic) bond motifs is 1. The molecule has 0 aliphatic carbocycles. The zero-order valence-electron chi connectivity index (χ0n) is 9.27. The van der Waals surface area contributed by atoms with Crippen LogP contribution in [0.3, 0.4) is 0 Å². The molecule has 1 heterocycles. The first-order valence-electron chi connectivity index (χ1n) is 5.44. The van der Waals surface area contributed by atoms with Gasteiger partial charge in [0.2, 0.25) is 5.91 Å². The van der Waals surface area contributed by atoms with Crippen LogP contribution >= 0.6 is 11.6 Å². The van der Waals surface area contributed by atoms with Crippen LogP contribution in [0.15, 0.2) is 6.07 Å². The third kappa shape index (κ3) is 1.93. The van der Waals surface area contributed by atoms with Crippen molar-refractivity contribution in [1.29, 1.82) is 0 Å². The summed E-state index contributed by atoms with van der Waals surface area (Å²) in [6, 6.07) is 2.07. The van der Waals surface area contributed by atoms with Gasteiger partial charge in [0.15, 0.2) is 0 Å². The Bertz CT molecular complexity index is 443. The molecule has 0 aromatic heterocycles. The van der Waals surface area contributed by atoms with Crippen molar-refractivity contribution in [3.8, 4) is 0 Å². The van der Waals surface area contributed by atoms with Gasteiger partial charge in [-0.15, -0.1) is 0 Å². The van der Waals surface area contributed by atoms with Crippen LogP contribution in [0.25, 0.3) is 0 Å². The van der Waals surface area contributed by atoms with Crippen molar-refractivity contribution in [1.82, 2.24) is 0 Å². The Morgan fingerprint density at radius 3 is 2.94 bits per heavy atom. The summed E-state index contributed by atoms with van der Waals surface area (Å²) in [7, 11) is 0. The summed E-state index contributed by atoms with van der Waals surface area (Å²) in [6.07, 6.45) is 2.12. The Balaban J connectivity index is 2.49. The van der Waals surface area contributed by atoms with Gasteiger partial charge in [-0.05, 0) is 43.0 Å². The second-order valence-corrected chi connectivity index (χ2v) is 4.47. The molecular formula is C12H15ClN2O. The lowest BCUT2D eigenvalue weighted by Gasteiger charge is -2.21. The highest BCUT2D eigenvalue weighted by Crippen LogP contribution is 2.34. The summed E-state index contributed by atoms with van der Waals surface area (Å²) in [5.41, 5.74) is 9.65. The minimum atomic E-state index is 0.0678. The molecule has 1 aromatic carbocycles. The third-order valence-electron chi connectivity index (χ3n) is 2.96. The molecular weight excluding hydrogens is 224 g/mol. The van der Waals surface area contributed by atoms with Gasteiger partial charge < -0.3 is 11.1 Å². The fourth-order valence-electron chi connectivity index (χ4n) is 2.10. The van der Waals surface area contributed by atoms with Gasteiger partial charge in [0.1, 0.15) is 0 Å². The smallest absolute Gasteiger partial charge is 0.224 e. The van der Waals surface area contributed by atoms with Crippen molar-refractivity contribution in [3.05, 3.63) is 27.8 Å². The molecule has 4 heteroatoms. The molecule has 0 atom stereocenters. The maximum absolute atomic E-state index is 11.3. The van der Waals surface area contributed by atoms with Crippen LogP contribution in [0.5, 0.6) is 0 Å². The van der Waals surface area contributed by atoms with Crippen LogP contribution in [0.2, 0.25) is 5.02 Å². The van der Waals surface area contributed by atoms with Crippen molar-refractivity contribution < 1.29 is 4.79 Å². The van der Waals surface area contributed by atoms with Crippen LogP contribution in [-0.2, 0) is 17.6 Å². The Morgan fingerprint density at radius 1 is 1.50 bits per heavy atom. The molecule has 3 nitrogen and oxygen atoms in total. The molecule has 0 unspecified atom stereocenters. The van der Waals surface area contributed by atoms with Gasteiger partial charge in [0, 0.05) is 17.1 Å². The van der Waals surface area contributed by atoms with E-state index in [0.717, 1.165) is 34.7 Å². The second-order valence-electron chi connectivity index (χ2n) is 4.10. The lowest BCUT2D eigenvalue weighted by molar-refractivity contribution is -0.116. The molecule has 1 amide bonds. The van der Waals surface area contributed by atoms with Crippen LogP contribution < -0.4 is 11.1 Å². The molecule has 0 bridgehead atoms. The lowest BCUT2D eigenvalue weighted by Crippen LogP contribution is -2.20. The first-order valence-corrected chi connectivity index (χ1v) is 5.82. The number of rotatable bonds is 2. The molecule has 3 N–H and O–H groups in total. The van der Waals surface area contributed by atoms with E-state index in [1.807, 2.05) is 6.92 Å². The third-order valence-corrected chi connectivity index (χ3v) is 3.48. The lowest BCUT2D eigenvalue weighted by atomic mass is 9.95. The summed E-state index contributed by atoms with van der Waals surface area (Å²) < 4.78 is 0. The van der Waals surface area contributed by atoms with Crippen LogP contribution in [-0.4, -0.2) is 12.5 Å². The number of hydrogen-bond donors (Lipinski definition) is 2. The fourth-order valence-corrected chi connectivity index (χ4v) is 2.34. The van der Waals surface area contributed by atoms with Crippen LogP contribution in [0.1, 0.15) is 23.1 Å². The first-order chi connectivity index (χ1) is 7.63. The van der Waals surface area contributed by atoms with E-state index in [2.05, 4.69) is 11.4 Å². The number of nitrogens with one attached hydrogen (secondary N) is 1. The quantitative estimate of drug-likeness (QED) is 0.829. The number of amides is 1. The average Bonchev–Trinajstić information content (AvgIpc) is 2.27. The molecule has 0 saturated carbocycles. The zero-order valence-corrected chi connectivity index (χ0v) is 10.0. The molecule has 1 aliphatic rings. The minimum Gasteiger partial charge on any atom is -0.330 e. The van der Waals surface area contributed by atoms with Crippen molar-refractivity contribution in [3.63, 3.8) is 0 Å². The number of benzene rings is 1. The van der Waals surface area contributed by atoms with Gasteiger partial charge in [-0.25, -0.2) is 0 Å². The summed E-state index contributed by atoms with van der Waals surface area (Å²) in [5.74, 6) is 0.0678. The van der Waals surface area contributed by atoms with E-state index in [9.17, 15) is 4.79 Å². The van der Waals surface area contributed by atoms with E-state index in [4.69, 9.17) is 17.3 Å². The summed E-state index contributed by atoms with van der Waals surface area (Å²) in [5, 5.41) is 3.61. The predicted molar refractivity (Wildman–Crippen MR) is 65.9 cm³/mol. The highest BCUT2D eigenvalue weighted by molar-refractivity contribution is 6.32. The topological polar surface area (TPSA) is 55.1 Å². The van der Waals surface area contributed by atoms with Crippen LogP contribution in [0.4, 0.5) is 5.69 Å². The highest BCUT2D eigenvalue weighted by Gasteiger charge is 2.19. The number of halogens is 1. The highest BCUT2D eigenvalue weighted by atomic mass is 35.5. The predicted octanol–water partition coefficient (Wildman–Crippen LogP) is 2.03. The molecule has 0 spiro atoms. The molecule has 0 saturated heterocycles. The molecule has 1 aliphatic heterocycles. The van der Waals surface area contributed by atoms with E-state index in [1.165, 1.54) is 5.56 Å². The fraction of sp³-hybridized carbons (Fsp3) is 0.417. The molecule has 2 rings (SSSR count). The SMILES string of the molecule is Cc1c(Cl)c(CCN)cc2c1NC(=O)CC2. The standard InChI is InChI=1S/C12H15ClN2O/c1-7-11(13)8(4-5-14)6-9-2-3-10(16)15-12(7)9/h6H,2-5,14H2,1H3,(H,15,16). The van der Waals surface area contributed by atoms with E-state index >= 15 is 0 Å². The first kappa shape index (κ1) is 11.4. The second kappa shape index (κ2) is 4.44. The number of hydrogen-bond acceptors (Lipinski definition) is 2. The minimum absolute atomic E-state index is 0.0678. The zero-order chi connectivity index (χ0) is 11.7. The van der Waals surface area contributed by atoms with Gasteiger partial charge in [-0.1, -0.05) is 17.7 Å². The van der Waals surface area contributed by atoms with E-state index in [0.29, 0.717) is 13.0 Å². The number of carbonyl (C=O) groups excluding carboxylic acids is 1. The molecule has 0 radical (unpaired) electrons. The molecule has 16 heavy (non-hydrogen) atoms. The molecule has 86 valence electrons. The summed E-state index contributed by atoms with van der Waals surface area (Å²) >= 11 is 6.25. The van der Waals surface area contributed by atoms with Gasteiger partial charge >= 0.3 is 0 Å². The Labute approximate surface area is 100.0 Å². The summed E-state index contributed by atoms with van der Waals surface area (Å²) in [4.78, 5) is 11.3. The van der Waals surface area contributed by atoms with Gasteiger partial charge in [-0.2, -0.15) is 0 Å². The van der Waals surface area contributed by atoms with Crippen molar-refractivity contribution >= 4 is 23.2 Å². The maximum atomic E-state index is 11.3. The van der Waals surface area contributed by atoms with E-state index in [1.54, 1.807) is 0 Å². The van der Waals surface area contributed by atoms with Crippen molar-refractivity contribution in [2.75, 3.05) is 11.9 Å². The van der Waals surface area contributed by atoms with Crippen molar-refractivity contribution in [2.24, 2.45) is 5.73 Å². The number of carbonyl (C=O) groups is 1. The van der Waals surface area contributed by atoms with Gasteiger partial charge in [0.05, 0.1) is 0 Å². The van der Waals surface area contributed by atoms with Gasteiger partial charge in [-0.3, -0.25) is 4.79 Å². The number of aryl methyl sites for hydroxylation is 1. The maximum Gasteiger partial charge on any atom is 0.224 e. The Morgan fingerprint density at radius 2 is 2.25 bits per heavy atom. The average molecular weight is 239 g/mol. The normalized spacial score (nSPS) is 14.6. The summed E-state index contributed by atoms with van der Waals surface area (Å²) in [6.45, 7) is 2.52. The largest absolute Gasteiger partial charge is 0.330 e. The van der Waals surface area contributed by atoms with Gasteiger partial charge in [0.25, 0.3) is 0 Å². The monoisotopic (exact) mass is 238 g/mol. The van der Waals surface area contributed by atoms with E-state index in [-0.39, 0.29) is 5.91 Å². The van der Waals surface area contributed by atoms with Crippen LogP contribution in [0, 0.1) is 6.92 Å². The Hall–Kier alpha value is -1.06. The number of nitrogens with two attached hydrogens (primary N) is 1. The molecule has 1 aromatic rings. The Kier molecular flexibility index (Phi) is 3.17. The van der Waals surface area contributed by atoms with Crippen molar-refractivity contribution in [2.45, 2.75) is 26.2 Å².